The molecule has 50 heavy (non-hydrogen) atoms. The fourth-order valence-electron chi connectivity index (χ4n) is 8.15. The Morgan fingerprint density at radius 2 is 1.14 bits per heavy atom. The van der Waals surface area contributed by atoms with Gasteiger partial charge in [-0.2, -0.15) is 0 Å². The van der Waals surface area contributed by atoms with E-state index in [4.69, 9.17) is 14.7 Å². The summed E-state index contributed by atoms with van der Waals surface area (Å²) < 4.78 is 6.75. The molecule has 1 aliphatic heterocycles. The van der Waals surface area contributed by atoms with E-state index in [1.807, 2.05) is 42.5 Å². The highest BCUT2D eigenvalue weighted by Gasteiger charge is 2.52. The van der Waals surface area contributed by atoms with Crippen LogP contribution in [-0.4, -0.2) is 15.0 Å². The number of pyridine rings is 1. The Labute approximate surface area is 291 Å². The van der Waals surface area contributed by atoms with Crippen LogP contribution in [-0.2, 0) is 5.41 Å². The molecule has 2 aromatic heterocycles. The average Bonchev–Trinajstić information content (AvgIpc) is 3.49. The number of hydrogen-bond donors (Lipinski definition) is 0. The first-order chi connectivity index (χ1) is 24.8. The lowest BCUT2D eigenvalue weighted by atomic mass is 9.64. The van der Waals surface area contributed by atoms with Gasteiger partial charge in [-0.05, 0) is 82.6 Å². The monoisotopic (exact) mass is 641 g/mol. The molecule has 1 spiro atoms. The zero-order valence-electron chi connectivity index (χ0n) is 27.3. The molecule has 0 unspecified atom stereocenters. The van der Waals surface area contributed by atoms with E-state index in [0.29, 0.717) is 5.82 Å². The SMILES string of the molecule is C1=C2Oc3ccc(-c4ccccc4-c4nc(-c5ccccc5)cc(-c5ccccn5)n4)cc3C3(C2=CCC1)c1ccccc1-c1ccccc13. The average molecular weight is 642 g/mol. The van der Waals surface area contributed by atoms with Crippen LogP contribution in [0.3, 0.4) is 0 Å². The molecule has 0 radical (unpaired) electrons. The van der Waals surface area contributed by atoms with Crippen molar-refractivity contribution in [3.8, 4) is 62.0 Å². The maximum Gasteiger partial charge on any atom is 0.161 e. The van der Waals surface area contributed by atoms with Crippen molar-refractivity contribution in [2.75, 3.05) is 0 Å². The third-order valence-corrected chi connectivity index (χ3v) is 10.3. The standard InChI is InChI=1S/C46H31N3O/c1-2-14-30(15-3-1)41-29-42(40-23-12-13-27-47-40)49-45(48-41)35-19-5-4-16-32(35)31-25-26-44-39(28-31)46(38-22-10-11-24-43(38)50-44)36-20-8-6-17-33(36)34-18-7-9-21-37(34)46/h1-9,12-29H,10-11H2. The number of ether oxygens (including phenoxy) is 1. The van der Waals surface area contributed by atoms with E-state index in [-0.39, 0.29) is 0 Å². The smallest absolute Gasteiger partial charge is 0.161 e. The minimum Gasteiger partial charge on any atom is -0.457 e. The van der Waals surface area contributed by atoms with Crippen molar-refractivity contribution in [3.05, 3.63) is 192 Å². The molecule has 10 rings (SSSR count). The Hall–Kier alpha value is -6.39. The number of rotatable bonds is 4. The molecule has 0 amide bonds. The number of nitrogens with zero attached hydrogens (tertiary/aromatic N) is 3. The van der Waals surface area contributed by atoms with Crippen LogP contribution in [0.5, 0.6) is 5.75 Å². The summed E-state index contributed by atoms with van der Waals surface area (Å²) in [4.78, 5) is 15.0. The fourth-order valence-corrected chi connectivity index (χ4v) is 8.15. The van der Waals surface area contributed by atoms with Crippen molar-refractivity contribution in [1.82, 2.24) is 15.0 Å². The number of aromatic nitrogens is 3. The van der Waals surface area contributed by atoms with Gasteiger partial charge in [0.05, 0.1) is 22.5 Å². The summed E-state index contributed by atoms with van der Waals surface area (Å²) in [7, 11) is 0. The van der Waals surface area contributed by atoms with Crippen LogP contribution in [0, 0.1) is 0 Å². The van der Waals surface area contributed by atoms with E-state index in [1.165, 1.54) is 27.8 Å². The quantitative estimate of drug-likeness (QED) is 0.192. The molecule has 0 atom stereocenters. The Morgan fingerprint density at radius 1 is 0.480 bits per heavy atom. The van der Waals surface area contributed by atoms with Crippen molar-refractivity contribution >= 4 is 0 Å². The molecular formula is C46H31N3O. The van der Waals surface area contributed by atoms with Gasteiger partial charge in [-0.25, -0.2) is 9.97 Å². The Morgan fingerprint density at radius 3 is 1.90 bits per heavy atom. The minimum absolute atomic E-state index is 0.492. The molecular weight excluding hydrogens is 611 g/mol. The highest BCUT2D eigenvalue weighted by Crippen LogP contribution is 2.62. The highest BCUT2D eigenvalue weighted by atomic mass is 16.5. The molecule has 3 aliphatic rings. The van der Waals surface area contributed by atoms with Gasteiger partial charge in [0.2, 0.25) is 0 Å². The number of allylic oxidation sites excluding steroid dienone is 3. The second-order valence-electron chi connectivity index (χ2n) is 13.0. The first-order valence-electron chi connectivity index (χ1n) is 17.2. The van der Waals surface area contributed by atoms with Gasteiger partial charge in [-0.15, -0.1) is 0 Å². The normalized spacial score (nSPS) is 14.8. The van der Waals surface area contributed by atoms with Gasteiger partial charge in [0.25, 0.3) is 0 Å². The van der Waals surface area contributed by atoms with Gasteiger partial charge in [0.15, 0.2) is 5.82 Å². The van der Waals surface area contributed by atoms with Crippen molar-refractivity contribution < 1.29 is 4.74 Å². The van der Waals surface area contributed by atoms with Gasteiger partial charge in [-0.3, -0.25) is 4.98 Å². The maximum absolute atomic E-state index is 6.75. The molecule has 4 heteroatoms. The first kappa shape index (κ1) is 28.6. The van der Waals surface area contributed by atoms with Gasteiger partial charge in [-0.1, -0.05) is 121 Å². The van der Waals surface area contributed by atoms with Crippen LogP contribution < -0.4 is 4.74 Å². The summed E-state index contributed by atoms with van der Waals surface area (Å²) in [6.07, 6.45) is 8.43. The van der Waals surface area contributed by atoms with Gasteiger partial charge >= 0.3 is 0 Å². The number of fused-ring (bicyclic) bond motifs is 9. The van der Waals surface area contributed by atoms with Crippen molar-refractivity contribution in [2.24, 2.45) is 0 Å². The van der Waals surface area contributed by atoms with Crippen LogP contribution in [0.4, 0.5) is 0 Å². The summed E-state index contributed by atoms with van der Waals surface area (Å²) in [6, 6.07) is 51.1. The Balaban J connectivity index is 1.21. The lowest BCUT2D eigenvalue weighted by Gasteiger charge is -2.42. The molecule has 4 nitrogen and oxygen atoms in total. The topological polar surface area (TPSA) is 47.9 Å². The van der Waals surface area contributed by atoms with Crippen molar-refractivity contribution in [1.29, 1.82) is 0 Å². The largest absolute Gasteiger partial charge is 0.457 e. The molecule has 0 N–H and O–H groups in total. The zero-order chi connectivity index (χ0) is 33.1. The molecule has 3 heterocycles. The van der Waals surface area contributed by atoms with E-state index >= 15 is 0 Å². The van der Waals surface area contributed by atoms with Gasteiger partial charge in [0, 0.05) is 28.5 Å². The molecule has 236 valence electrons. The van der Waals surface area contributed by atoms with Crippen LogP contribution in [0.2, 0.25) is 0 Å². The van der Waals surface area contributed by atoms with Gasteiger partial charge < -0.3 is 4.74 Å². The van der Waals surface area contributed by atoms with Gasteiger partial charge in [0.1, 0.15) is 11.5 Å². The molecule has 0 fully saturated rings. The summed E-state index contributed by atoms with van der Waals surface area (Å²) in [6.45, 7) is 0. The second kappa shape index (κ2) is 11.4. The lowest BCUT2D eigenvalue weighted by molar-refractivity contribution is 0.383. The van der Waals surface area contributed by atoms with Crippen molar-refractivity contribution in [3.63, 3.8) is 0 Å². The predicted molar refractivity (Wildman–Crippen MR) is 199 cm³/mol. The fraction of sp³-hybridized carbons (Fsp3) is 0.0652. The number of hydrogen-bond acceptors (Lipinski definition) is 4. The second-order valence-corrected chi connectivity index (χ2v) is 13.0. The van der Waals surface area contributed by atoms with Crippen LogP contribution in [0.15, 0.2) is 175 Å². The van der Waals surface area contributed by atoms with E-state index in [1.54, 1.807) is 6.20 Å². The summed E-state index contributed by atoms with van der Waals surface area (Å²) in [5, 5.41) is 0. The summed E-state index contributed by atoms with van der Waals surface area (Å²) in [5.41, 5.74) is 13.6. The Bertz CT molecular complexity index is 2410. The van der Waals surface area contributed by atoms with Crippen LogP contribution in [0.1, 0.15) is 29.5 Å². The molecule has 0 saturated carbocycles. The molecule has 0 bridgehead atoms. The van der Waals surface area contributed by atoms with E-state index in [2.05, 4.69) is 120 Å². The van der Waals surface area contributed by atoms with Crippen LogP contribution >= 0.6 is 0 Å². The van der Waals surface area contributed by atoms with E-state index in [0.717, 1.165) is 69.2 Å². The maximum atomic E-state index is 6.75. The third kappa shape index (κ3) is 4.28. The first-order valence-corrected chi connectivity index (χ1v) is 17.2. The lowest BCUT2D eigenvalue weighted by Crippen LogP contribution is -2.36. The van der Waals surface area contributed by atoms with E-state index in [9.17, 15) is 0 Å². The van der Waals surface area contributed by atoms with E-state index < -0.39 is 5.41 Å². The molecule has 5 aromatic carbocycles. The minimum atomic E-state index is -0.492. The zero-order valence-corrected chi connectivity index (χ0v) is 27.3. The van der Waals surface area contributed by atoms with Crippen LogP contribution in [0.25, 0.3) is 56.3 Å². The predicted octanol–water partition coefficient (Wildman–Crippen LogP) is 10.9. The summed E-state index contributed by atoms with van der Waals surface area (Å²) in [5.74, 6) is 2.52. The highest BCUT2D eigenvalue weighted by molar-refractivity contribution is 5.90. The Kier molecular flexibility index (Phi) is 6.50. The molecule has 7 aromatic rings. The third-order valence-electron chi connectivity index (χ3n) is 10.3. The van der Waals surface area contributed by atoms with Crippen molar-refractivity contribution in [2.45, 2.75) is 18.3 Å². The molecule has 2 aliphatic carbocycles. The molecule has 0 saturated heterocycles. The number of benzene rings is 5. The summed E-state index contributed by atoms with van der Waals surface area (Å²) >= 11 is 0.